The summed E-state index contributed by atoms with van der Waals surface area (Å²) in [6.07, 6.45) is 0.447. The topological polar surface area (TPSA) is 58.6 Å². The lowest BCUT2D eigenvalue weighted by Crippen LogP contribution is -2.51. The van der Waals surface area contributed by atoms with Crippen LogP contribution >= 0.6 is 11.8 Å². The Kier molecular flexibility index (Phi) is 11.1. The minimum absolute atomic E-state index is 0.0537. The summed E-state index contributed by atoms with van der Waals surface area (Å²) in [4.78, 5) is 29.0. The van der Waals surface area contributed by atoms with Crippen LogP contribution in [0.4, 0.5) is 0 Å². The van der Waals surface area contributed by atoms with E-state index in [2.05, 4.69) is 38.2 Å². The lowest BCUT2D eigenvalue weighted by atomic mass is 10.0. The lowest BCUT2D eigenvalue weighted by molar-refractivity contribution is -0.139. The third-order valence-corrected chi connectivity index (χ3v) is 7.15. The van der Waals surface area contributed by atoms with Crippen LogP contribution in [0, 0.1) is 12.8 Å². The van der Waals surface area contributed by atoms with Crippen molar-refractivity contribution in [1.82, 2.24) is 10.2 Å². The maximum absolute atomic E-state index is 13.7. The molecule has 0 saturated heterocycles. The fourth-order valence-electron chi connectivity index (χ4n) is 4.05. The van der Waals surface area contributed by atoms with E-state index in [1.165, 1.54) is 11.1 Å². The van der Waals surface area contributed by atoms with Crippen LogP contribution in [0.5, 0.6) is 5.75 Å². The van der Waals surface area contributed by atoms with Gasteiger partial charge in [-0.2, -0.15) is 0 Å². The van der Waals surface area contributed by atoms with Crippen LogP contribution in [0.15, 0.2) is 78.9 Å². The number of benzene rings is 3. The van der Waals surface area contributed by atoms with E-state index in [0.29, 0.717) is 31.2 Å². The van der Waals surface area contributed by atoms with E-state index in [9.17, 15) is 9.59 Å². The number of aryl methyl sites for hydroxylation is 1. The van der Waals surface area contributed by atoms with Gasteiger partial charge in [-0.1, -0.05) is 80.6 Å². The van der Waals surface area contributed by atoms with Crippen molar-refractivity contribution in [3.05, 3.63) is 101 Å². The second kappa shape index (κ2) is 14.5. The summed E-state index contributed by atoms with van der Waals surface area (Å²) in [5, 5.41) is 3.07. The monoisotopic (exact) mass is 518 g/mol. The maximum Gasteiger partial charge on any atom is 0.243 e. The lowest BCUT2D eigenvalue weighted by Gasteiger charge is -2.32. The van der Waals surface area contributed by atoms with Gasteiger partial charge in [0.1, 0.15) is 11.8 Å². The summed E-state index contributed by atoms with van der Waals surface area (Å²) in [6.45, 7) is 7.10. The summed E-state index contributed by atoms with van der Waals surface area (Å²) < 4.78 is 5.40. The van der Waals surface area contributed by atoms with Gasteiger partial charge in [-0.15, -0.1) is 11.8 Å². The number of thioether (sulfide) groups is 1. The molecule has 37 heavy (non-hydrogen) atoms. The van der Waals surface area contributed by atoms with Crippen molar-refractivity contribution in [2.45, 2.75) is 45.5 Å². The molecule has 0 aliphatic rings. The molecular weight excluding hydrogens is 480 g/mol. The van der Waals surface area contributed by atoms with Crippen LogP contribution < -0.4 is 10.1 Å². The predicted octanol–water partition coefficient (Wildman–Crippen LogP) is 5.65. The van der Waals surface area contributed by atoms with E-state index >= 15 is 0 Å². The van der Waals surface area contributed by atoms with Gasteiger partial charge in [0, 0.05) is 25.3 Å². The van der Waals surface area contributed by atoms with Crippen molar-refractivity contribution in [1.29, 1.82) is 0 Å². The first-order valence-corrected chi connectivity index (χ1v) is 13.9. The van der Waals surface area contributed by atoms with E-state index in [0.717, 1.165) is 22.6 Å². The first-order chi connectivity index (χ1) is 17.9. The Morgan fingerprint density at radius 3 is 2.35 bits per heavy atom. The fraction of sp³-hybridized carbons (Fsp3) is 0.355. The molecule has 1 N–H and O–H groups in total. The Morgan fingerprint density at radius 2 is 1.65 bits per heavy atom. The number of hydrogen-bond acceptors (Lipinski definition) is 4. The van der Waals surface area contributed by atoms with Gasteiger partial charge in [0.05, 0.1) is 12.9 Å². The minimum atomic E-state index is -0.626. The Bertz CT molecular complexity index is 1150. The number of rotatable bonds is 13. The van der Waals surface area contributed by atoms with Crippen LogP contribution in [0.25, 0.3) is 0 Å². The van der Waals surface area contributed by atoms with Gasteiger partial charge in [0.15, 0.2) is 0 Å². The van der Waals surface area contributed by atoms with Crippen LogP contribution in [-0.4, -0.2) is 42.2 Å². The molecule has 3 aromatic carbocycles. The predicted molar refractivity (Wildman–Crippen MR) is 153 cm³/mol. The van der Waals surface area contributed by atoms with Crippen molar-refractivity contribution in [2.75, 3.05) is 19.4 Å². The zero-order valence-corrected chi connectivity index (χ0v) is 23.1. The Morgan fingerprint density at radius 1 is 0.946 bits per heavy atom. The molecule has 1 atom stereocenters. The van der Waals surface area contributed by atoms with Crippen molar-refractivity contribution in [3.8, 4) is 5.75 Å². The van der Waals surface area contributed by atoms with Gasteiger partial charge >= 0.3 is 0 Å². The van der Waals surface area contributed by atoms with Crippen LogP contribution in [0.1, 0.15) is 36.1 Å². The summed E-state index contributed by atoms with van der Waals surface area (Å²) in [6, 6.07) is 25.2. The van der Waals surface area contributed by atoms with Crippen LogP contribution in [0.3, 0.4) is 0 Å². The van der Waals surface area contributed by atoms with E-state index in [1.807, 2.05) is 66.7 Å². The Balaban J connectivity index is 1.87. The number of methoxy groups -OCH3 is 1. The molecule has 5 nitrogen and oxygen atoms in total. The average molecular weight is 519 g/mol. The number of carbonyl (C=O) groups is 2. The number of ether oxygens (including phenoxy) is 1. The first-order valence-electron chi connectivity index (χ1n) is 12.7. The smallest absolute Gasteiger partial charge is 0.243 e. The molecule has 0 aliphatic heterocycles. The SMILES string of the molecule is COc1cccc(CN(C(=O)CSCc2ccccc2C)[C@@H](Cc2ccccc2)C(=O)NCC(C)C)c1. The molecule has 0 aliphatic carbocycles. The van der Waals surface area contributed by atoms with Crippen LogP contribution in [0.2, 0.25) is 0 Å². The molecule has 0 spiro atoms. The molecule has 6 heteroatoms. The van der Waals surface area contributed by atoms with Crippen molar-refractivity contribution in [3.63, 3.8) is 0 Å². The van der Waals surface area contributed by atoms with Gasteiger partial charge in [0.2, 0.25) is 11.8 Å². The molecule has 0 fully saturated rings. The van der Waals surface area contributed by atoms with Gasteiger partial charge in [0.25, 0.3) is 0 Å². The number of amides is 2. The Hall–Kier alpha value is -3.25. The number of nitrogens with one attached hydrogen (secondary N) is 1. The highest BCUT2D eigenvalue weighted by Gasteiger charge is 2.30. The highest BCUT2D eigenvalue weighted by atomic mass is 32.2. The average Bonchev–Trinajstić information content (AvgIpc) is 2.91. The number of hydrogen-bond donors (Lipinski definition) is 1. The maximum atomic E-state index is 13.7. The first kappa shape index (κ1) is 28.3. The van der Waals surface area contributed by atoms with Gasteiger partial charge in [-0.3, -0.25) is 9.59 Å². The molecule has 196 valence electrons. The van der Waals surface area contributed by atoms with Crippen molar-refractivity contribution in [2.24, 2.45) is 5.92 Å². The fourth-order valence-corrected chi connectivity index (χ4v) is 5.03. The van der Waals surface area contributed by atoms with Crippen LogP contribution in [-0.2, 0) is 28.3 Å². The third kappa shape index (κ3) is 8.97. The molecule has 0 aromatic heterocycles. The minimum Gasteiger partial charge on any atom is -0.497 e. The van der Waals surface area contributed by atoms with Crippen molar-refractivity contribution >= 4 is 23.6 Å². The zero-order valence-electron chi connectivity index (χ0n) is 22.3. The van der Waals surface area contributed by atoms with E-state index in [4.69, 9.17) is 4.74 Å². The second-order valence-corrected chi connectivity index (χ2v) is 10.6. The van der Waals surface area contributed by atoms with Crippen molar-refractivity contribution < 1.29 is 14.3 Å². The molecule has 0 unspecified atom stereocenters. The van der Waals surface area contributed by atoms with Gasteiger partial charge in [-0.05, 0) is 47.2 Å². The van der Waals surface area contributed by atoms with E-state index in [-0.39, 0.29) is 11.8 Å². The number of nitrogens with zero attached hydrogens (tertiary/aromatic N) is 1. The third-order valence-electron chi connectivity index (χ3n) is 6.19. The van der Waals surface area contributed by atoms with E-state index in [1.54, 1.807) is 23.8 Å². The normalized spacial score (nSPS) is 11.7. The highest BCUT2D eigenvalue weighted by Crippen LogP contribution is 2.21. The largest absolute Gasteiger partial charge is 0.497 e. The summed E-state index contributed by atoms with van der Waals surface area (Å²) in [5.41, 5.74) is 4.37. The molecule has 0 saturated carbocycles. The van der Waals surface area contributed by atoms with Gasteiger partial charge in [-0.25, -0.2) is 0 Å². The van der Waals surface area contributed by atoms with Gasteiger partial charge < -0.3 is 15.0 Å². The summed E-state index contributed by atoms with van der Waals surface area (Å²) in [5.74, 6) is 1.89. The quantitative estimate of drug-likeness (QED) is 0.318. The standard InChI is InChI=1S/C31H38N2O3S/c1-23(2)19-32-31(35)29(18-25-12-6-5-7-13-25)33(20-26-14-10-16-28(17-26)36-4)30(34)22-37-21-27-15-9-8-11-24(27)3/h5-17,23,29H,18-22H2,1-4H3,(H,32,35)/t29-/m0/s1. The zero-order chi connectivity index (χ0) is 26.6. The highest BCUT2D eigenvalue weighted by molar-refractivity contribution is 7.99. The molecule has 0 heterocycles. The molecule has 2 amide bonds. The molecule has 0 radical (unpaired) electrons. The molecule has 3 aromatic rings. The molecular formula is C31H38N2O3S. The molecule has 0 bridgehead atoms. The van der Waals surface area contributed by atoms with E-state index < -0.39 is 6.04 Å². The summed E-state index contributed by atoms with van der Waals surface area (Å²) >= 11 is 1.58. The Labute approximate surface area is 225 Å². The number of carbonyl (C=O) groups excluding carboxylic acids is 2. The second-order valence-electron chi connectivity index (χ2n) is 9.64. The molecule has 3 rings (SSSR count). The summed E-state index contributed by atoms with van der Waals surface area (Å²) in [7, 11) is 1.63.